The van der Waals surface area contributed by atoms with Gasteiger partial charge < -0.3 is 24.8 Å². The van der Waals surface area contributed by atoms with E-state index in [0.717, 1.165) is 78.2 Å². The summed E-state index contributed by atoms with van der Waals surface area (Å²) in [4.78, 5) is 24.7. The van der Waals surface area contributed by atoms with Gasteiger partial charge in [-0.3, -0.25) is 9.97 Å². The quantitative estimate of drug-likeness (QED) is 0.157. The molecule has 0 fully saturated rings. The first-order valence-corrected chi connectivity index (χ1v) is 17.1. The van der Waals surface area contributed by atoms with Crippen LogP contribution in [0.3, 0.4) is 0 Å². The second-order valence-corrected chi connectivity index (χ2v) is 12.7. The number of likely N-dealkylation sites (N-methyl/N-ethyl adjacent to an activating group) is 1. The fourth-order valence-corrected chi connectivity index (χ4v) is 7.30. The van der Waals surface area contributed by atoms with Crippen molar-refractivity contribution in [3.63, 3.8) is 0 Å². The Balaban J connectivity index is 1.03. The molecule has 8 nitrogen and oxygen atoms in total. The van der Waals surface area contributed by atoms with E-state index in [1.807, 2.05) is 30.5 Å². The molecule has 0 radical (unpaired) electrons. The average molecular weight is 666 g/mol. The number of pyridine rings is 2. The van der Waals surface area contributed by atoms with E-state index < -0.39 is 0 Å². The molecule has 51 heavy (non-hydrogen) atoms. The Morgan fingerprint density at radius 3 is 2.04 bits per heavy atom. The van der Waals surface area contributed by atoms with Crippen LogP contribution in [0.4, 0.5) is 28.4 Å². The first-order valence-electron chi connectivity index (χ1n) is 17.1. The number of nitrogens with zero attached hydrogens (tertiary/aromatic N) is 6. The lowest BCUT2D eigenvalue weighted by atomic mass is 10.1. The van der Waals surface area contributed by atoms with Crippen LogP contribution in [0.15, 0.2) is 146 Å². The lowest BCUT2D eigenvalue weighted by Crippen LogP contribution is -2.41. The van der Waals surface area contributed by atoms with E-state index >= 15 is 0 Å². The minimum atomic E-state index is 0.0195. The normalized spacial score (nSPS) is 14.3. The maximum absolute atomic E-state index is 9.79. The molecule has 0 saturated carbocycles. The highest BCUT2D eigenvalue weighted by atomic mass is 16.3. The predicted molar refractivity (Wildman–Crippen MR) is 209 cm³/mol. The highest BCUT2D eigenvalue weighted by Crippen LogP contribution is 2.40. The van der Waals surface area contributed by atoms with Crippen molar-refractivity contribution < 1.29 is 5.11 Å². The van der Waals surface area contributed by atoms with Gasteiger partial charge in [0.15, 0.2) is 0 Å². The summed E-state index contributed by atoms with van der Waals surface area (Å²) in [7, 11) is 2.10. The minimum Gasteiger partial charge on any atom is -0.395 e. The van der Waals surface area contributed by atoms with Crippen LogP contribution in [-0.4, -0.2) is 51.4 Å². The van der Waals surface area contributed by atoms with Gasteiger partial charge >= 0.3 is 0 Å². The Kier molecular flexibility index (Phi) is 7.63. The summed E-state index contributed by atoms with van der Waals surface area (Å²) < 4.78 is 0. The largest absolute Gasteiger partial charge is 0.395 e. The zero-order valence-corrected chi connectivity index (χ0v) is 28.1. The SMILES string of the molecule is CN1c2ccccc2N(CCO)C1/C=C/c1ccc(N(c2ccccc2)c2ccc(-c3nc4c5cccnc5c5ncccc5c4[nH]3)cc2)cc1. The van der Waals surface area contributed by atoms with Gasteiger partial charge in [0.2, 0.25) is 0 Å². The van der Waals surface area contributed by atoms with Crippen LogP contribution in [0.25, 0.3) is 50.3 Å². The third-order valence-electron chi connectivity index (χ3n) is 9.72. The summed E-state index contributed by atoms with van der Waals surface area (Å²) in [5.41, 5.74) is 11.1. The number of nitrogens with one attached hydrogen (secondary N) is 1. The molecule has 9 rings (SSSR count). The molecule has 248 valence electrons. The number of hydrogen-bond acceptors (Lipinski definition) is 7. The fourth-order valence-electron chi connectivity index (χ4n) is 7.30. The van der Waals surface area contributed by atoms with E-state index in [9.17, 15) is 5.11 Å². The summed E-state index contributed by atoms with van der Waals surface area (Å²) in [6.45, 7) is 0.666. The van der Waals surface area contributed by atoms with Gasteiger partial charge in [0.05, 0.1) is 40.0 Å². The first kappa shape index (κ1) is 30.5. The van der Waals surface area contributed by atoms with E-state index in [1.54, 1.807) is 6.20 Å². The van der Waals surface area contributed by atoms with Crippen molar-refractivity contribution in [2.24, 2.45) is 0 Å². The number of β-amino-alcohol motifs (C(OH)–C–C–N with tert-alkyl or cyclic N) is 1. The number of imidazole rings is 1. The summed E-state index contributed by atoms with van der Waals surface area (Å²) >= 11 is 0. The topological polar surface area (TPSA) is 84.4 Å². The molecule has 0 aliphatic carbocycles. The second kappa shape index (κ2) is 12.7. The Hall–Kier alpha value is -6.51. The number of fused-ring (bicyclic) bond motifs is 7. The van der Waals surface area contributed by atoms with Crippen molar-refractivity contribution >= 4 is 67.4 Å². The maximum Gasteiger partial charge on any atom is 0.138 e. The number of aromatic nitrogens is 4. The van der Waals surface area contributed by atoms with Gasteiger partial charge in [-0.15, -0.1) is 0 Å². The third kappa shape index (κ3) is 5.33. The van der Waals surface area contributed by atoms with E-state index in [-0.39, 0.29) is 12.8 Å². The fraction of sp³-hybridized carbons (Fsp3) is 0.0930. The van der Waals surface area contributed by atoms with E-state index in [4.69, 9.17) is 4.98 Å². The number of aliphatic hydroxyl groups is 1. The molecule has 1 aliphatic rings. The molecule has 0 spiro atoms. The number of hydrogen-bond donors (Lipinski definition) is 2. The van der Waals surface area contributed by atoms with E-state index in [2.05, 4.69) is 152 Å². The minimum absolute atomic E-state index is 0.0195. The number of aliphatic hydroxyl groups excluding tert-OH is 1. The van der Waals surface area contributed by atoms with Crippen molar-refractivity contribution in [2.45, 2.75) is 6.17 Å². The van der Waals surface area contributed by atoms with Gasteiger partial charge in [-0.25, -0.2) is 4.98 Å². The van der Waals surface area contributed by atoms with Crippen molar-refractivity contribution in [2.75, 3.05) is 34.9 Å². The number of rotatable bonds is 8. The van der Waals surface area contributed by atoms with Gasteiger partial charge in [0, 0.05) is 59.4 Å². The Labute approximate surface area is 295 Å². The number of anilines is 5. The molecular weight excluding hydrogens is 631 g/mol. The van der Waals surface area contributed by atoms with Crippen molar-refractivity contribution in [1.82, 2.24) is 19.9 Å². The van der Waals surface area contributed by atoms with Crippen LogP contribution in [-0.2, 0) is 0 Å². The van der Waals surface area contributed by atoms with Crippen LogP contribution in [0.1, 0.15) is 5.56 Å². The molecule has 2 N–H and O–H groups in total. The molecule has 1 unspecified atom stereocenters. The van der Waals surface area contributed by atoms with Gasteiger partial charge in [-0.1, -0.05) is 48.5 Å². The molecule has 8 aromatic rings. The second-order valence-electron chi connectivity index (χ2n) is 12.7. The molecule has 1 aliphatic heterocycles. The molecule has 0 bridgehead atoms. The van der Waals surface area contributed by atoms with Crippen LogP contribution in [0, 0.1) is 0 Å². The molecule has 8 heteroatoms. The molecule has 0 saturated heterocycles. The van der Waals surface area contributed by atoms with Crippen molar-refractivity contribution in [3.8, 4) is 11.4 Å². The van der Waals surface area contributed by atoms with E-state index in [0.29, 0.717) is 6.54 Å². The summed E-state index contributed by atoms with van der Waals surface area (Å²) in [6.07, 6.45) is 8.00. The highest BCUT2D eigenvalue weighted by molar-refractivity contribution is 6.21. The Bertz CT molecular complexity index is 2460. The predicted octanol–water partition coefficient (Wildman–Crippen LogP) is 9.08. The van der Waals surface area contributed by atoms with Crippen molar-refractivity contribution in [1.29, 1.82) is 0 Å². The molecular formula is C43H35N7O. The number of para-hydroxylation sites is 3. The summed E-state index contributed by atoms with van der Waals surface area (Å²) in [5.74, 6) is 0.800. The number of benzene rings is 5. The first-order chi connectivity index (χ1) is 25.2. The van der Waals surface area contributed by atoms with Gasteiger partial charge in [0.25, 0.3) is 0 Å². The maximum atomic E-state index is 9.79. The summed E-state index contributed by atoms with van der Waals surface area (Å²) in [6, 6.07) is 44.0. The standard InChI is InChI=1S/C43H35N7O/c1-48-36-13-5-6-14-37(36)49(27-28-51)38(48)24-17-29-15-20-32(21-16-29)50(31-9-3-2-4-10-31)33-22-18-30(19-23-33)43-46-41-34-11-7-25-44-39(34)40-35(42(41)47-43)12-8-26-45-40/h2-26,38,51H,27-28H2,1H3,(H,46,47)/b24-17+. The summed E-state index contributed by atoms with van der Waals surface area (Å²) in [5, 5.41) is 11.8. The number of H-pyrrole nitrogens is 1. The van der Waals surface area contributed by atoms with E-state index in [1.165, 1.54) is 0 Å². The van der Waals surface area contributed by atoms with Gasteiger partial charge in [-0.2, -0.15) is 0 Å². The van der Waals surface area contributed by atoms with Gasteiger partial charge in [-0.05, 0) is 96.6 Å². The van der Waals surface area contributed by atoms with Crippen molar-refractivity contribution in [3.05, 3.63) is 151 Å². The molecule has 5 aromatic carbocycles. The average Bonchev–Trinajstić information content (AvgIpc) is 3.76. The van der Waals surface area contributed by atoms with Crippen LogP contribution < -0.4 is 14.7 Å². The van der Waals surface area contributed by atoms with Gasteiger partial charge in [0.1, 0.15) is 12.0 Å². The van der Waals surface area contributed by atoms with Crippen LogP contribution >= 0.6 is 0 Å². The monoisotopic (exact) mass is 665 g/mol. The number of aromatic amines is 1. The lowest BCUT2D eigenvalue weighted by molar-refractivity contribution is 0.300. The molecule has 4 heterocycles. The smallest absolute Gasteiger partial charge is 0.138 e. The molecule has 0 amide bonds. The third-order valence-corrected chi connectivity index (χ3v) is 9.72. The zero-order valence-electron chi connectivity index (χ0n) is 28.1. The molecule has 1 atom stereocenters. The van der Waals surface area contributed by atoms with Crippen LogP contribution in [0.5, 0.6) is 0 Å². The molecule has 3 aromatic heterocycles. The Morgan fingerprint density at radius 2 is 1.31 bits per heavy atom. The highest BCUT2D eigenvalue weighted by Gasteiger charge is 2.31. The lowest BCUT2D eigenvalue weighted by Gasteiger charge is -2.28. The zero-order chi connectivity index (χ0) is 34.3. The van der Waals surface area contributed by atoms with Crippen LogP contribution in [0.2, 0.25) is 0 Å². The Morgan fingerprint density at radius 1 is 0.686 bits per heavy atom.